The zero-order valence-electron chi connectivity index (χ0n) is 12.0. The van der Waals surface area contributed by atoms with E-state index < -0.39 is 17.9 Å². The van der Waals surface area contributed by atoms with Gasteiger partial charge in [-0.15, -0.1) is 0 Å². The van der Waals surface area contributed by atoms with Crippen LogP contribution in [0.4, 0.5) is 0 Å². The van der Waals surface area contributed by atoms with E-state index in [4.69, 9.17) is 5.26 Å². The Hall–Kier alpha value is -1.57. The quantitative estimate of drug-likeness (QED) is 0.790. The summed E-state index contributed by atoms with van der Waals surface area (Å²) in [5.74, 6) is -1.46. The highest BCUT2D eigenvalue weighted by Crippen LogP contribution is 2.09. The van der Waals surface area contributed by atoms with Gasteiger partial charge in [0.1, 0.15) is 12.0 Å². The molecule has 18 heavy (non-hydrogen) atoms. The van der Waals surface area contributed by atoms with E-state index in [0.717, 1.165) is 0 Å². The topological polar surface area (TPSA) is 82.0 Å². The van der Waals surface area contributed by atoms with Crippen LogP contribution in [0.15, 0.2) is 0 Å². The molecule has 0 rings (SSSR count). The first kappa shape index (κ1) is 16.4. The van der Waals surface area contributed by atoms with Crippen LogP contribution in [0.5, 0.6) is 0 Å². The van der Waals surface area contributed by atoms with Gasteiger partial charge in [-0.3, -0.25) is 9.59 Å². The molecule has 102 valence electrons. The average molecular weight is 253 g/mol. The van der Waals surface area contributed by atoms with Crippen molar-refractivity contribution in [3.63, 3.8) is 0 Å². The molecule has 0 saturated heterocycles. The molecule has 0 heterocycles. The van der Waals surface area contributed by atoms with Crippen molar-refractivity contribution in [2.75, 3.05) is 0 Å². The molecule has 0 saturated carbocycles. The number of nitrogens with zero attached hydrogens (tertiary/aromatic N) is 1. The molecule has 0 aliphatic heterocycles. The number of nitriles is 1. The summed E-state index contributed by atoms with van der Waals surface area (Å²) in [6, 6.07) is 1.30. The Bertz CT molecular complexity index is 350. The van der Waals surface area contributed by atoms with E-state index >= 15 is 0 Å². The second-order valence-electron chi connectivity index (χ2n) is 5.82. The minimum absolute atomic E-state index is 0.0760. The van der Waals surface area contributed by atoms with E-state index in [-0.39, 0.29) is 17.4 Å². The summed E-state index contributed by atoms with van der Waals surface area (Å²) in [4.78, 5) is 23.5. The Morgan fingerprint density at radius 2 is 1.61 bits per heavy atom. The average Bonchev–Trinajstić information content (AvgIpc) is 2.14. The van der Waals surface area contributed by atoms with Crippen LogP contribution in [0.1, 0.15) is 41.5 Å². The SMILES string of the molecule is CC(NC(=O)C(C#N)C(C)C)C(=O)NC(C)(C)C. The third-order valence-corrected chi connectivity index (χ3v) is 2.34. The maximum atomic E-state index is 11.8. The lowest BCUT2D eigenvalue weighted by atomic mass is 9.96. The number of nitrogens with one attached hydrogen (secondary N) is 2. The van der Waals surface area contributed by atoms with Gasteiger partial charge in [0.2, 0.25) is 11.8 Å². The highest BCUT2D eigenvalue weighted by atomic mass is 16.2. The summed E-state index contributed by atoms with van der Waals surface area (Å²) < 4.78 is 0. The Balaban J connectivity index is 4.49. The normalized spacial score (nSPS) is 14.6. The van der Waals surface area contributed by atoms with Crippen molar-refractivity contribution in [3.8, 4) is 6.07 Å². The van der Waals surface area contributed by atoms with Gasteiger partial charge < -0.3 is 10.6 Å². The number of hydrogen-bond donors (Lipinski definition) is 2. The smallest absolute Gasteiger partial charge is 0.242 e. The first-order chi connectivity index (χ1) is 8.08. The van der Waals surface area contributed by atoms with Crippen molar-refractivity contribution in [2.45, 2.75) is 53.1 Å². The number of carbonyl (C=O) groups is 2. The minimum Gasteiger partial charge on any atom is -0.350 e. The Kier molecular flexibility index (Phi) is 5.83. The molecule has 0 aliphatic carbocycles. The number of carbonyl (C=O) groups excluding carboxylic acids is 2. The van der Waals surface area contributed by atoms with Crippen LogP contribution in [0, 0.1) is 23.2 Å². The van der Waals surface area contributed by atoms with Crippen molar-refractivity contribution in [1.82, 2.24) is 10.6 Å². The molecule has 5 heteroatoms. The fraction of sp³-hybridized carbons (Fsp3) is 0.769. The standard InChI is InChI=1S/C13H23N3O2/c1-8(2)10(7-14)12(18)15-9(3)11(17)16-13(4,5)6/h8-10H,1-6H3,(H,15,18)(H,16,17). The number of amides is 2. The molecule has 0 radical (unpaired) electrons. The van der Waals surface area contributed by atoms with Gasteiger partial charge in [-0.1, -0.05) is 13.8 Å². The predicted octanol–water partition coefficient (Wildman–Crippen LogP) is 1.20. The summed E-state index contributed by atoms with van der Waals surface area (Å²) in [7, 11) is 0. The molecule has 0 aromatic carbocycles. The largest absolute Gasteiger partial charge is 0.350 e. The van der Waals surface area contributed by atoms with Crippen LogP contribution >= 0.6 is 0 Å². The third-order valence-electron chi connectivity index (χ3n) is 2.34. The molecule has 0 bridgehead atoms. The summed E-state index contributed by atoms with van der Waals surface area (Å²) in [5.41, 5.74) is -0.344. The molecule has 0 fully saturated rings. The lowest BCUT2D eigenvalue weighted by Gasteiger charge is -2.24. The first-order valence-electron chi connectivity index (χ1n) is 6.10. The minimum atomic E-state index is -0.727. The van der Waals surface area contributed by atoms with Crippen LogP contribution < -0.4 is 10.6 Å². The zero-order valence-corrected chi connectivity index (χ0v) is 12.0. The predicted molar refractivity (Wildman–Crippen MR) is 69.4 cm³/mol. The van der Waals surface area contributed by atoms with Crippen molar-refractivity contribution < 1.29 is 9.59 Å². The van der Waals surface area contributed by atoms with Crippen molar-refractivity contribution in [1.29, 1.82) is 5.26 Å². The highest BCUT2D eigenvalue weighted by molar-refractivity contribution is 5.89. The van der Waals surface area contributed by atoms with Crippen molar-refractivity contribution in [3.05, 3.63) is 0 Å². The molecule has 0 aromatic rings. The maximum absolute atomic E-state index is 11.8. The van der Waals surface area contributed by atoms with Crippen molar-refractivity contribution in [2.24, 2.45) is 11.8 Å². The molecule has 2 N–H and O–H groups in total. The monoisotopic (exact) mass is 253 g/mol. The molecule has 0 aliphatic rings. The molecule has 0 spiro atoms. The lowest BCUT2D eigenvalue weighted by molar-refractivity contribution is -0.131. The second kappa shape index (κ2) is 6.39. The fourth-order valence-corrected chi connectivity index (χ4v) is 1.36. The van der Waals surface area contributed by atoms with Crippen LogP contribution in [0.2, 0.25) is 0 Å². The van der Waals surface area contributed by atoms with Crippen LogP contribution in [0.25, 0.3) is 0 Å². The van der Waals surface area contributed by atoms with Gasteiger partial charge in [-0.05, 0) is 33.6 Å². The molecule has 0 aromatic heterocycles. The van der Waals surface area contributed by atoms with Crippen LogP contribution in [-0.4, -0.2) is 23.4 Å². The molecule has 2 unspecified atom stereocenters. The summed E-state index contributed by atoms with van der Waals surface area (Å²) in [5, 5.41) is 14.2. The molecule has 5 nitrogen and oxygen atoms in total. The highest BCUT2D eigenvalue weighted by Gasteiger charge is 2.26. The van der Waals surface area contributed by atoms with Gasteiger partial charge in [0, 0.05) is 5.54 Å². The van der Waals surface area contributed by atoms with Crippen LogP contribution in [0.3, 0.4) is 0 Å². The molecular weight excluding hydrogens is 230 g/mol. The Morgan fingerprint density at radius 1 is 1.11 bits per heavy atom. The zero-order chi connectivity index (χ0) is 14.5. The van der Waals surface area contributed by atoms with Gasteiger partial charge in [0.15, 0.2) is 0 Å². The second-order valence-corrected chi connectivity index (χ2v) is 5.82. The fourth-order valence-electron chi connectivity index (χ4n) is 1.36. The van der Waals surface area contributed by atoms with E-state index in [2.05, 4.69) is 10.6 Å². The molecule has 2 amide bonds. The summed E-state index contributed by atoms with van der Waals surface area (Å²) >= 11 is 0. The van der Waals surface area contributed by atoms with E-state index in [1.165, 1.54) is 0 Å². The summed E-state index contributed by atoms with van der Waals surface area (Å²) in [6.07, 6.45) is 0. The maximum Gasteiger partial charge on any atom is 0.242 e. The van der Waals surface area contributed by atoms with E-state index in [0.29, 0.717) is 0 Å². The van der Waals surface area contributed by atoms with Gasteiger partial charge in [-0.25, -0.2) is 0 Å². The lowest BCUT2D eigenvalue weighted by Crippen LogP contribution is -2.52. The Labute approximate surface area is 109 Å². The van der Waals surface area contributed by atoms with Crippen LogP contribution in [-0.2, 0) is 9.59 Å². The van der Waals surface area contributed by atoms with E-state index in [1.807, 2.05) is 26.8 Å². The third kappa shape index (κ3) is 5.67. The first-order valence-corrected chi connectivity index (χ1v) is 6.10. The Morgan fingerprint density at radius 3 is 1.94 bits per heavy atom. The van der Waals surface area contributed by atoms with E-state index in [1.54, 1.807) is 20.8 Å². The van der Waals surface area contributed by atoms with E-state index in [9.17, 15) is 9.59 Å². The molecule has 2 atom stereocenters. The summed E-state index contributed by atoms with van der Waals surface area (Å²) in [6.45, 7) is 10.8. The number of rotatable bonds is 4. The van der Waals surface area contributed by atoms with Gasteiger partial charge in [-0.2, -0.15) is 5.26 Å². The number of hydrogen-bond acceptors (Lipinski definition) is 3. The van der Waals surface area contributed by atoms with Crippen molar-refractivity contribution >= 4 is 11.8 Å². The van der Waals surface area contributed by atoms with Gasteiger partial charge in [0.25, 0.3) is 0 Å². The van der Waals surface area contributed by atoms with Gasteiger partial charge in [0.05, 0.1) is 6.07 Å². The van der Waals surface area contributed by atoms with Gasteiger partial charge >= 0.3 is 0 Å². The molecular formula is C13H23N3O2.